The molecule has 0 aliphatic carbocycles. The quantitative estimate of drug-likeness (QED) is 0.559. The first-order chi connectivity index (χ1) is 15.5. The Morgan fingerprint density at radius 3 is 2.56 bits per heavy atom. The molecule has 0 spiro atoms. The summed E-state index contributed by atoms with van der Waals surface area (Å²) in [6.45, 7) is 6.11. The summed E-state index contributed by atoms with van der Waals surface area (Å²) in [5, 5.41) is 3.69. The van der Waals surface area contributed by atoms with Gasteiger partial charge in [-0.3, -0.25) is 9.69 Å². The molecule has 7 heteroatoms. The molecule has 168 valence electrons. The lowest BCUT2D eigenvalue weighted by Gasteiger charge is -2.36. The first-order valence-corrected chi connectivity index (χ1v) is 11.2. The third-order valence-electron chi connectivity index (χ3n) is 5.77. The number of rotatable bonds is 7. The van der Waals surface area contributed by atoms with E-state index in [4.69, 9.17) is 20.8 Å². The molecule has 0 bridgehead atoms. The molecular weight excluding hydrogens is 426 g/mol. The molecule has 0 saturated carbocycles. The number of hydrogen-bond acceptors (Lipinski definition) is 5. The number of benzene rings is 2. The van der Waals surface area contributed by atoms with Gasteiger partial charge in [-0.25, -0.2) is 0 Å². The zero-order valence-corrected chi connectivity index (χ0v) is 19.1. The summed E-state index contributed by atoms with van der Waals surface area (Å²) < 4.78 is 11.3. The number of piperazine rings is 1. The van der Waals surface area contributed by atoms with Gasteiger partial charge in [0.05, 0.1) is 25.4 Å². The van der Waals surface area contributed by atoms with Crippen molar-refractivity contribution in [3.05, 3.63) is 82.8 Å². The number of amides is 1. The summed E-state index contributed by atoms with van der Waals surface area (Å²) in [7, 11) is 1.67. The molecule has 1 fully saturated rings. The molecule has 3 aromatic rings. The van der Waals surface area contributed by atoms with Gasteiger partial charge >= 0.3 is 0 Å². The molecular formula is C25H28ClN3O3. The topological polar surface area (TPSA) is 58.0 Å². The lowest BCUT2D eigenvalue weighted by atomic mass is 10.1. The van der Waals surface area contributed by atoms with Crippen LogP contribution in [0.25, 0.3) is 0 Å². The SMILES string of the molecule is COc1ccc(Cl)cc1N1CCN(Cc2ccc(C(=O)NC(C)c3ccccc3)o2)CC1. The van der Waals surface area contributed by atoms with Crippen LogP contribution in [0.3, 0.4) is 0 Å². The van der Waals surface area contributed by atoms with Crippen molar-refractivity contribution >= 4 is 23.2 Å². The van der Waals surface area contributed by atoms with E-state index in [1.807, 2.05) is 61.5 Å². The molecule has 2 aromatic carbocycles. The van der Waals surface area contributed by atoms with Gasteiger partial charge in [0.1, 0.15) is 11.5 Å². The highest BCUT2D eigenvalue weighted by Gasteiger charge is 2.22. The van der Waals surface area contributed by atoms with Gasteiger partial charge in [0.2, 0.25) is 0 Å². The summed E-state index contributed by atoms with van der Waals surface area (Å²) in [4.78, 5) is 17.2. The van der Waals surface area contributed by atoms with Crippen LogP contribution in [-0.2, 0) is 6.54 Å². The Morgan fingerprint density at radius 2 is 1.84 bits per heavy atom. The molecule has 2 heterocycles. The van der Waals surface area contributed by atoms with Crippen LogP contribution in [0.4, 0.5) is 5.69 Å². The van der Waals surface area contributed by atoms with E-state index < -0.39 is 0 Å². The summed E-state index contributed by atoms with van der Waals surface area (Å²) in [6.07, 6.45) is 0. The molecule has 4 rings (SSSR count). The Bertz CT molecular complexity index is 1050. The van der Waals surface area contributed by atoms with E-state index in [2.05, 4.69) is 15.1 Å². The highest BCUT2D eigenvalue weighted by Crippen LogP contribution is 2.32. The molecule has 32 heavy (non-hydrogen) atoms. The average molecular weight is 454 g/mol. The molecule has 1 aliphatic heterocycles. The fourth-order valence-electron chi connectivity index (χ4n) is 3.96. The maximum atomic E-state index is 12.6. The Kier molecular flexibility index (Phi) is 7.02. The van der Waals surface area contributed by atoms with Crippen molar-refractivity contribution in [1.29, 1.82) is 0 Å². The predicted molar refractivity (Wildman–Crippen MR) is 127 cm³/mol. The third kappa shape index (κ3) is 5.26. The second kappa shape index (κ2) is 10.1. The van der Waals surface area contributed by atoms with Crippen LogP contribution in [0.5, 0.6) is 5.75 Å². The van der Waals surface area contributed by atoms with E-state index in [0.717, 1.165) is 48.9 Å². The average Bonchev–Trinajstić information content (AvgIpc) is 3.29. The highest BCUT2D eigenvalue weighted by atomic mass is 35.5. The van der Waals surface area contributed by atoms with E-state index in [1.54, 1.807) is 13.2 Å². The van der Waals surface area contributed by atoms with Crippen molar-refractivity contribution in [1.82, 2.24) is 10.2 Å². The van der Waals surface area contributed by atoms with Gasteiger partial charge < -0.3 is 19.4 Å². The van der Waals surface area contributed by atoms with Gasteiger partial charge in [0.15, 0.2) is 5.76 Å². The minimum Gasteiger partial charge on any atom is -0.495 e. The van der Waals surface area contributed by atoms with Crippen molar-refractivity contribution in [3.8, 4) is 5.75 Å². The summed E-state index contributed by atoms with van der Waals surface area (Å²) in [5.41, 5.74) is 2.07. The molecule has 6 nitrogen and oxygen atoms in total. The molecule has 1 aromatic heterocycles. The molecule has 1 N–H and O–H groups in total. The van der Waals surface area contributed by atoms with E-state index in [1.165, 1.54) is 0 Å². The van der Waals surface area contributed by atoms with E-state index in [0.29, 0.717) is 17.3 Å². The highest BCUT2D eigenvalue weighted by molar-refractivity contribution is 6.30. The van der Waals surface area contributed by atoms with Crippen LogP contribution in [-0.4, -0.2) is 44.1 Å². The Balaban J connectivity index is 1.31. The standard InChI is InChI=1S/C25H28ClN3O3/c1-18(19-6-4-3-5-7-19)27-25(30)24-11-9-21(32-24)17-28-12-14-29(15-13-28)22-16-20(26)8-10-23(22)31-2/h3-11,16,18H,12-15,17H2,1-2H3,(H,27,30). The number of carbonyl (C=O) groups excluding carboxylic acids is 1. The van der Waals surface area contributed by atoms with Crippen LogP contribution in [0.1, 0.15) is 34.8 Å². The number of anilines is 1. The molecule has 0 radical (unpaired) electrons. The normalized spacial score (nSPS) is 15.4. The van der Waals surface area contributed by atoms with Crippen LogP contribution < -0.4 is 15.0 Å². The third-order valence-corrected chi connectivity index (χ3v) is 6.00. The molecule has 1 atom stereocenters. The van der Waals surface area contributed by atoms with Crippen molar-refractivity contribution in [2.75, 3.05) is 38.2 Å². The summed E-state index contributed by atoms with van der Waals surface area (Å²) in [6, 6.07) is 19.1. The lowest BCUT2D eigenvalue weighted by Crippen LogP contribution is -2.46. The van der Waals surface area contributed by atoms with Crippen molar-refractivity contribution in [3.63, 3.8) is 0 Å². The fourth-order valence-corrected chi connectivity index (χ4v) is 4.12. The van der Waals surface area contributed by atoms with Crippen LogP contribution >= 0.6 is 11.6 Å². The second-order valence-electron chi connectivity index (χ2n) is 7.95. The first-order valence-electron chi connectivity index (χ1n) is 10.8. The van der Waals surface area contributed by atoms with Gasteiger partial charge in [-0.15, -0.1) is 0 Å². The Morgan fingerprint density at radius 1 is 1.09 bits per heavy atom. The minimum atomic E-state index is -0.203. The summed E-state index contributed by atoms with van der Waals surface area (Å²) in [5.74, 6) is 1.75. The van der Waals surface area contributed by atoms with E-state index in [9.17, 15) is 4.79 Å². The van der Waals surface area contributed by atoms with Crippen molar-refractivity contribution in [2.45, 2.75) is 19.5 Å². The smallest absolute Gasteiger partial charge is 0.287 e. The molecule has 1 unspecified atom stereocenters. The zero-order valence-electron chi connectivity index (χ0n) is 18.4. The Hall–Kier alpha value is -2.96. The van der Waals surface area contributed by atoms with Crippen LogP contribution in [0.15, 0.2) is 65.1 Å². The molecule has 1 aliphatic rings. The van der Waals surface area contributed by atoms with E-state index >= 15 is 0 Å². The maximum absolute atomic E-state index is 12.6. The van der Waals surface area contributed by atoms with Gasteiger partial charge in [-0.2, -0.15) is 0 Å². The Labute approximate surface area is 193 Å². The van der Waals surface area contributed by atoms with Gasteiger partial charge in [0.25, 0.3) is 5.91 Å². The first kappa shape index (κ1) is 22.2. The van der Waals surface area contributed by atoms with Gasteiger partial charge in [-0.1, -0.05) is 41.9 Å². The lowest BCUT2D eigenvalue weighted by molar-refractivity contribution is 0.0907. The van der Waals surface area contributed by atoms with Gasteiger partial charge in [-0.05, 0) is 42.8 Å². The number of nitrogens with one attached hydrogen (secondary N) is 1. The number of ether oxygens (including phenoxy) is 1. The monoisotopic (exact) mass is 453 g/mol. The van der Waals surface area contributed by atoms with Crippen LogP contribution in [0.2, 0.25) is 5.02 Å². The molecule has 1 saturated heterocycles. The number of carbonyl (C=O) groups is 1. The number of furan rings is 1. The largest absolute Gasteiger partial charge is 0.495 e. The predicted octanol–water partition coefficient (Wildman–Crippen LogP) is 4.75. The number of hydrogen-bond donors (Lipinski definition) is 1. The number of nitrogens with zero attached hydrogens (tertiary/aromatic N) is 2. The van der Waals surface area contributed by atoms with Crippen molar-refractivity contribution in [2.24, 2.45) is 0 Å². The van der Waals surface area contributed by atoms with Crippen LogP contribution in [0, 0.1) is 0 Å². The van der Waals surface area contributed by atoms with E-state index in [-0.39, 0.29) is 11.9 Å². The summed E-state index contributed by atoms with van der Waals surface area (Å²) >= 11 is 6.19. The zero-order chi connectivity index (χ0) is 22.5. The van der Waals surface area contributed by atoms with Crippen molar-refractivity contribution < 1.29 is 13.9 Å². The number of methoxy groups -OCH3 is 1. The van der Waals surface area contributed by atoms with Gasteiger partial charge in [0, 0.05) is 31.2 Å². The second-order valence-corrected chi connectivity index (χ2v) is 8.39. The fraction of sp³-hybridized carbons (Fsp3) is 0.320. The maximum Gasteiger partial charge on any atom is 0.287 e. The molecule has 1 amide bonds. The number of halogens is 1. The minimum absolute atomic E-state index is 0.0891.